The summed E-state index contributed by atoms with van der Waals surface area (Å²) < 4.78 is 5.83. The van der Waals surface area contributed by atoms with Crippen molar-refractivity contribution in [3.05, 3.63) is 112 Å². The molecule has 0 aliphatic carbocycles. The summed E-state index contributed by atoms with van der Waals surface area (Å²) in [4.78, 5) is 18.6. The van der Waals surface area contributed by atoms with Gasteiger partial charge in [-0.05, 0) is 47.0 Å². The highest BCUT2D eigenvalue weighted by molar-refractivity contribution is 8.17. The molecule has 1 amide bonds. The van der Waals surface area contributed by atoms with E-state index in [1.165, 1.54) is 11.8 Å². The van der Waals surface area contributed by atoms with Crippen molar-refractivity contribution < 1.29 is 9.53 Å². The molecule has 2 heterocycles. The monoisotopic (exact) mass is 471 g/mol. The molecule has 2 aliphatic heterocycles. The molecule has 3 aromatic rings. The number of amides is 1. The molecule has 0 unspecified atom stereocenters. The van der Waals surface area contributed by atoms with E-state index in [0.717, 1.165) is 22.4 Å². The summed E-state index contributed by atoms with van der Waals surface area (Å²) in [6.07, 6.45) is 1.69. The summed E-state index contributed by atoms with van der Waals surface area (Å²) in [6, 6.07) is 24.7. The van der Waals surface area contributed by atoms with Crippen molar-refractivity contribution in [3.8, 4) is 5.75 Å². The van der Waals surface area contributed by atoms with Gasteiger partial charge < -0.3 is 4.74 Å². The summed E-state index contributed by atoms with van der Waals surface area (Å²) in [7, 11) is 0. The molecule has 162 valence electrons. The molecule has 7 heteroatoms. The third-order valence-electron chi connectivity index (χ3n) is 5.19. The van der Waals surface area contributed by atoms with Gasteiger partial charge in [-0.2, -0.15) is 4.99 Å². The summed E-state index contributed by atoms with van der Waals surface area (Å²) >= 11 is 7.27. The predicted molar refractivity (Wildman–Crippen MR) is 134 cm³/mol. The maximum Gasteiger partial charge on any atom is 0.283 e. The minimum Gasteiger partial charge on any atom is -0.489 e. The number of aliphatic imine (C=N–C) groups is 1. The first-order valence-corrected chi connectivity index (χ1v) is 11.5. The Kier molecular flexibility index (Phi) is 5.86. The lowest BCUT2D eigenvalue weighted by Gasteiger charge is -2.26. The largest absolute Gasteiger partial charge is 0.489 e. The molecule has 0 spiro atoms. The van der Waals surface area contributed by atoms with Crippen molar-refractivity contribution in [1.82, 2.24) is 4.90 Å². The number of carbonyl (C=O) groups excluding carboxylic acids is 1. The van der Waals surface area contributed by atoms with E-state index in [-0.39, 0.29) is 11.4 Å². The van der Waals surface area contributed by atoms with Crippen LogP contribution < -0.4 is 4.74 Å². The first-order chi connectivity index (χ1) is 16.1. The number of rotatable bonds is 5. The Morgan fingerprint density at radius 3 is 2.45 bits per heavy atom. The standard InChI is InChI=1S/C26H18ClN3O2S/c27-20-10-6-18(7-11-20)15-32-21-12-8-17(9-13-21)14-22-24(28)30-23(19-4-2-1-3-5-19)16-33-26(30)29-25(22)31/h1-14,16,28H,15H2. The normalized spacial score (nSPS) is 16.5. The molecule has 3 aromatic carbocycles. The lowest BCUT2D eigenvalue weighted by atomic mass is 10.1. The van der Waals surface area contributed by atoms with E-state index in [2.05, 4.69) is 4.99 Å². The van der Waals surface area contributed by atoms with E-state index < -0.39 is 5.91 Å². The average molecular weight is 472 g/mol. The van der Waals surface area contributed by atoms with Crippen molar-refractivity contribution in [2.75, 3.05) is 0 Å². The quantitative estimate of drug-likeness (QED) is 0.448. The van der Waals surface area contributed by atoms with E-state index in [1.807, 2.05) is 84.3 Å². The fraction of sp³-hybridized carbons (Fsp3) is 0.0385. The fourth-order valence-corrected chi connectivity index (χ4v) is 4.50. The molecule has 0 bridgehead atoms. The van der Waals surface area contributed by atoms with Crippen molar-refractivity contribution in [2.45, 2.75) is 6.61 Å². The number of benzene rings is 3. The fourth-order valence-electron chi connectivity index (χ4n) is 3.49. The minimum absolute atomic E-state index is 0.119. The maximum atomic E-state index is 12.7. The number of carbonyl (C=O) groups is 1. The van der Waals surface area contributed by atoms with Crippen LogP contribution in [0.5, 0.6) is 5.75 Å². The molecule has 1 N–H and O–H groups in total. The Bertz CT molecular complexity index is 1310. The Balaban J connectivity index is 1.33. The van der Waals surface area contributed by atoms with Crippen LogP contribution in [-0.2, 0) is 11.4 Å². The van der Waals surface area contributed by atoms with Crippen molar-refractivity contribution in [1.29, 1.82) is 5.41 Å². The average Bonchev–Trinajstić information content (AvgIpc) is 3.26. The Morgan fingerprint density at radius 2 is 1.73 bits per heavy atom. The number of hydrogen-bond acceptors (Lipinski definition) is 4. The Morgan fingerprint density at radius 1 is 1.00 bits per heavy atom. The van der Waals surface area contributed by atoms with Gasteiger partial charge in [0.1, 0.15) is 18.2 Å². The molecule has 33 heavy (non-hydrogen) atoms. The first-order valence-electron chi connectivity index (χ1n) is 10.2. The predicted octanol–water partition coefficient (Wildman–Crippen LogP) is 6.22. The summed E-state index contributed by atoms with van der Waals surface area (Å²) in [5, 5.41) is 11.8. The van der Waals surface area contributed by atoms with Crippen LogP contribution in [0.4, 0.5) is 0 Å². The van der Waals surface area contributed by atoms with Gasteiger partial charge in [0.25, 0.3) is 5.91 Å². The number of ether oxygens (including phenoxy) is 1. The highest BCUT2D eigenvalue weighted by Gasteiger charge is 2.36. The number of nitrogens with zero attached hydrogens (tertiary/aromatic N) is 2. The van der Waals surface area contributed by atoms with Gasteiger partial charge in [-0.15, -0.1) is 0 Å². The molecule has 0 radical (unpaired) electrons. The second-order valence-corrected chi connectivity index (χ2v) is 8.69. The third-order valence-corrected chi connectivity index (χ3v) is 6.27. The molecule has 5 nitrogen and oxygen atoms in total. The van der Waals surface area contributed by atoms with E-state index >= 15 is 0 Å². The molecule has 0 saturated carbocycles. The summed E-state index contributed by atoms with van der Waals surface area (Å²) in [6.45, 7) is 0.430. The van der Waals surface area contributed by atoms with Gasteiger partial charge >= 0.3 is 0 Å². The number of nitrogens with one attached hydrogen (secondary N) is 1. The molecule has 0 atom stereocenters. The molecule has 0 fully saturated rings. The molecular weight excluding hydrogens is 454 g/mol. The van der Waals surface area contributed by atoms with Crippen LogP contribution >= 0.6 is 23.4 Å². The van der Waals surface area contributed by atoms with Gasteiger partial charge in [0.2, 0.25) is 0 Å². The second-order valence-electron chi connectivity index (χ2n) is 7.41. The number of amidine groups is 2. The zero-order valence-electron chi connectivity index (χ0n) is 17.4. The smallest absolute Gasteiger partial charge is 0.283 e. The SMILES string of the molecule is N=C1C(=Cc2ccc(OCc3ccc(Cl)cc3)cc2)C(=O)N=C2SC=C(c3ccccc3)N12. The van der Waals surface area contributed by atoms with Crippen LogP contribution in [0.25, 0.3) is 11.8 Å². The summed E-state index contributed by atoms with van der Waals surface area (Å²) in [5.41, 5.74) is 3.87. The molecule has 2 aliphatic rings. The molecule has 5 rings (SSSR count). The van der Waals surface area contributed by atoms with Crippen LogP contribution in [0.15, 0.2) is 94.8 Å². The van der Waals surface area contributed by atoms with Gasteiger partial charge in [0, 0.05) is 10.4 Å². The Hall–Kier alpha value is -3.61. The Labute approximate surface area is 200 Å². The molecular formula is C26H18ClN3O2S. The molecule has 0 saturated heterocycles. The van der Waals surface area contributed by atoms with Crippen molar-refractivity contribution in [2.24, 2.45) is 4.99 Å². The van der Waals surface area contributed by atoms with Gasteiger partial charge in [-0.1, -0.05) is 78.0 Å². The van der Waals surface area contributed by atoms with Crippen molar-refractivity contribution in [3.63, 3.8) is 0 Å². The van der Waals surface area contributed by atoms with E-state index in [0.29, 0.717) is 22.5 Å². The van der Waals surface area contributed by atoms with E-state index in [4.69, 9.17) is 21.7 Å². The number of hydrogen-bond donors (Lipinski definition) is 1. The number of thioether (sulfide) groups is 1. The maximum absolute atomic E-state index is 12.7. The van der Waals surface area contributed by atoms with Crippen molar-refractivity contribution >= 4 is 52.0 Å². The lowest BCUT2D eigenvalue weighted by molar-refractivity contribution is -0.114. The first kappa shape index (κ1) is 21.2. The van der Waals surface area contributed by atoms with Gasteiger partial charge in [-0.25, -0.2) is 0 Å². The highest BCUT2D eigenvalue weighted by atomic mass is 35.5. The lowest BCUT2D eigenvalue weighted by Crippen LogP contribution is -2.37. The van der Waals surface area contributed by atoms with Crippen LogP contribution in [0.2, 0.25) is 5.02 Å². The highest BCUT2D eigenvalue weighted by Crippen LogP contribution is 2.37. The zero-order valence-corrected chi connectivity index (χ0v) is 18.9. The van der Waals surface area contributed by atoms with Crippen LogP contribution in [0, 0.1) is 5.41 Å². The number of fused-ring (bicyclic) bond motifs is 1. The topological polar surface area (TPSA) is 65.8 Å². The minimum atomic E-state index is -0.412. The van der Waals surface area contributed by atoms with Crippen LogP contribution in [0.3, 0.4) is 0 Å². The van der Waals surface area contributed by atoms with Crippen LogP contribution in [-0.4, -0.2) is 21.8 Å². The third kappa shape index (κ3) is 4.49. The van der Waals surface area contributed by atoms with E-state index in [1.54, 1.807) is 11.0 Å². The molecule has 0 aromatic heterocycles. The summed E-state index contributed by atoms with van der Waals surface area (Å²) in [5.74, 6) is 0.417. The van der Waals surface area contributed by atoms with Gasteiger partial charge in [0.05, 0.1) is 11.3 Å². The zero-order chi connectivity index (χ0) is 22.8. The van der Waals surface area contributed by atoms with Crippen LogP contribution in [0.1, 0.15) is 16.7 Å². The van der Waals surface area contributed by atoms with Gasteiger partial charge in [-0.3, -0.25) is 15.1 Å². The van der Waals surface area contributed by atoms with E-state index in [9.17, 15) is 4.79 Å². The number of halogens is 1. The van der Waals surface area contributed by atoms with Gasteiger partial charge in [0.15, 0.2) is 5.17 Å². The second kappa shape index (κ2) is 9.10.